The van der Waals surface area contributed by atoms with Gasteiger partial charge in [-0.2, -0.15) is 0 Å². The number of carbonyl (C=O) groups is 1. The third kappa shape index (κ3) is 3.82. The zero-order chi connectivity index (χ0) is 17.8. The standard InChI is InChI=1S/C20H15IO3S/c1-24-20(23)17-12-16(13-18(21)19(17)22)25(14-8-4-2-5-9-14)15-10-6-3-7-11-15/h2-13H,1H3/p+1. The maximum absolute atomic E-state index is 12.1. The minimum atomic E-state index is -0.540. The molecule has 0 amide bonds. The molecule has 1 N–H and O–H groups in total. The van der Waals surface area contributed by atoms with Gasteiger partial charge in [-0.25, -0.2) is 4.79 Å². The van der Waals surface area contributed by atoms with Gasteiger partial charge in [-0.05, 0) is 46.9 Å². The largest absolute Gasteiger partial charge is 0.506 e. The number of hydrogen-bond donors (Lipinski definition) is 1. The Labute approximate surface area is 163 Å². The van der Waals surface area contributed by atoms with Crippen molar-refractivity contribution in [3.63, 3.8) is 0 Å². The molecular weight excluding hydrogens is 447 g/mol. The van der Waals surface area contributed by atoms with Gasteiger partial charge in [0.05, 0.1) is 21.6 Å². The smallest absolute Gasteiger partial charge is 0.341 e. The van der Waals surface area contributed by atoms with Gasteiger partial charge in [0.2, 0.25) is 0 Å². The van der Waals surface area contributed by atoms with Crippen molar-refractivity contribution >= 4 is 39.5 Å². The van der Waals surface area contributed by atoms with Crippen LogP contribution < -0.4 is 0 Å². The van der Waals surface area contributed by atoms with Crippen LogP contribution in [0.1, 0.15) is 10.4 Å². The van der Waals surface area contributed by atoms with Crippen molar-refractivity contribution in [2.45, 2.75) is 14.7 Å². The van der Waals surface area contributed by atoms with Crippen LogP contribution in [0.3, 0.4) is 0 Å². The van der Waals surface area contributed by atoms with Gasteiger partial charge in [0.25, 0.3) is 0 Å². The van der Waals surface area contributed by atoms with Gasteiger partial charge in [-0.1, -0.05) is 36.4 Å². The Balaban J connectivity index is 2.21. The van der Waals surface area contributed by atoms with Gasteiger partial charge in [0.1, 0.15) is 11.3 Å². The summed E-state index contributed by atoms with van der Waals surface area (Å²) in [6.45, 7) is 0. The second kappa shape index (κ2) is 7.93. The molecule has 0 aromatic heterocycles. The Morgan fingerprint density at radius 3 is 1.92 bits per heavy atom. The molecule has 0 aliphatic carbocycles. The van der Waals surface area contributed by atoms with Crippen molar-refractivity contribution in [3.05, 3.63) is 81.9 Å². The molecule has 0 saturated carbocycles. The molecule has 0 atom stereocenters. The molecule has 126 valence electrons. The van der Waals surface area contributed by atoms with E-state index < -0.39 is 5.97 Å². The van der Waals surface area contributed by atoms with Crippen LogP contribution in [-0.4, -0.2) is 18.2 Å². The van der Waals surface area contributed by atoms with E-state index in [1.165, 1.54) is 7.11 Å². The topological polar surface area (TPSA) is 46.5 Å². The van der Waals surface area contributed by atoms with Crippen LogP contribution in [0.25, 0.3) is 0 Å². The third-order valence-electron chi connectivity index (χ3n) is 3.64. The SMILES string of the molecule is COC(=O)c1cc([S+](c2ccccc2)c2ccccc2)cc(I)c1O. The third-order valence-corrected chi connectivity index (χ3v) is 6.65. The van der Waals surface area contributed by atoms with E-state index in [0.717, 1.165) is 14.7 Å². The minimum absolute atomic E-state index is 0.0409. The number of hydrogen-bond acceptors (Lipinski definition) is 3. The second-order valence-electron chi connectivity index (χ2n) is 5.23. The Hall–Kier alpha value is -1.99. The monoisotopic (exact) mass is 463 g/mol. The zero-order valence-corrected chi connectivity index (χ0v) is 16.5. The van der Waals surface area contributed by atoms with E-state index >= 15 is 0 Å². The number of carbonyl (C=O) groups excluding carboxylic acids is 1. The molecule has 25 heavy (non-hydrogen) atoms. The summed E-state index contributed by atoms with van der Waals surface area (Å²) in [6, 6.07) is 23.9. The molecule has 3 rings (SSSR count). The van der Waals surface area contributed by atoms with E-state index in [9.17, 15) is 9.90 Å². The Morgan fingerprint density at radius 2 is 1.44 bits per heavy atom. The number of ether oxygens (including phenoxy) is 1. The lowest BCUT2D eigenvalue weighted by atomic mass is 10.2. The summed E-state index contributed by atoms with van der Waals surface area (Å²) in [5.74, 6) is -0.581. The Kier molecular flexibility index (Phi) is 5.65. The van der Waals surface area contributed by atoms with E-state index in [2.05, 4.69) is 24.3 Å². The minimum Gasteiger partial charge on any atom is -0.506 e. The fourth-order valence-electron chi connectivity index (χ4n) is 2.48. The van der Waals surface area contributed by atoms with Crippen molar-refractivity contribution < 1.29 is 14.6 Å². The quantitative estimate of drug-likeness (QED) is 0.341. The van der Waals surface area contributed by atoms with Crippen LogP contribution in [0.2, 0.25) is 0 Å². The number of halogens is 1. The lowest BCUT2D eigenvalue weighted by molar-refractivity contribution is 0.0597. The highest BCUT2D eigenvalue weighted by molar-refractivity contribution is 14.1. The van der Waals surface area contributed by atoms with E-state index in [-0.39, 0.29) is 22.2 Å². The Bertz CT molecular complexity index is 843. The fraction of sp³-hybridized carbons (Fsp3) is 0.0500. The number of aromatic hydroxyl groups is 1. The molecule has 0 spiro atoms. The highest BCUT2D eigenvalue weighted by Gasteiger charge is 2.31. The highest BCUT2D eigenvalue weighted by atomic mass is 127. The molecule has 0 radical (unpaired) electrons. The van der Waals surface area contributed by atoms with Gasteiger partial charge < -0.3 is 9.84 Å². The number of phenolic OH excluding ortho intramolecular Hbond substituents is 1. The predicted octanol–water partition coefficient (Wildman–Crippen LogP) is 4.88. The highest BCUT2D eigenvalue weighted by Crippen LogP contribution is 2.36. The summed E-state index contributed by atoms with van der Waals surface area (Å²) in [5, 5.41) is 10.2. The molecule has 0 aliphatic heterocycles. The van der Waals surface area contributed by atoms with E-state index in [0.29, 0.717) is 3.57 Å². The van der Waals surface area contributed by atoms with E-state index in [1.54, 1.807) is 6.07 Å². The first-order valence-corrected chi connectivity index (χ1v) is 9.87. The fourth-order valence-corrected chi connectivity index (χ4v) is 5.46. The molecule has 0 unspecified atom stereocenters. The summed E-state index contributed by atoms with van der Waals surface area (Å²) in [4.78, 5) is 15.3. The zero-order valence-electron chi connectivity index (χ0n) is 13.5. The molecule has 0 fully saturated rings. The van der Waals surface area contributed by atoms with Crippen LogP contribution in [0.15, 0.2) is 87.5 Å². The second-order valence-corrected chi connectivity index (χ2v) is 8.41. The summed E-state index contributed by atoms with van der Waals surface area (Å²) in [7, 11) is 0.929. The van der Waals surface area contributed by atoms with Crippen LogP contribution in [0, 0.1) is 3.57 Å². The van der Waals surface area contributed by atoms with Gasteiger partial charge in [-0.3, -0.25) is 0 Å². The lowest BCUT2D eigenvalue weighted by Crippen LogP contribution is -2.09. The van der Waals surface area contributed by atoms with E-state index in [1.807, 2.05) is 65.1 Å². The molecule has 0 aliphatic rings. The summed E-state index contributed by atoms with van der Waals surface area (Å²) >= 11 is 2.04. The first-order valence-electron chi connectivity index (χ1n) is 7.57. The first kappa shape index (κ1) is 17.8. The molecule has 0 heterocycles. The molecule has 0 bridgehead atoms. The maximum atomic E-state index is 12.1. The average Bonchev–Trinajstić information content (AvgIpc) is 2.66. The van der Waals surface area contributed by atoms with Crippen molar-refractivity contribution in [3.8, 4) is 5.75 Å². The number of methoxy groups -OCH3 is 1. The number of benzene rings is 3. The van der Waals surface area contributed by atoms with Crippen molar-refractivity contribution in [2.75, 3.05) is 7.11 Å². The normalized spacial score (nSPS) is 10.7. The lowest BCUT2D eigenvalue weighted by Gasteiger charge is -2.11. The van der Waals surface area contributed by atoms with Crippen LogP contribution in [0.4, 0.5) is 0 Å². The molecule has 0 saturated heterocycles. The number of esters is 1. The van der Waals surface area contributed by atoms with E-state index in [4.69, 9.17) is 4.74 Å². The summed E-state index contributed by atoms with van der Waals surface area (Å²) < 4.78 is 5.44. The number of rotatable bonds is 4. The predicted molar refractivity (Wildman–Crippen MR) is 107 cm³/mol. The molecular formula is C20H16IO3S+. The van der Waals surface area contributed by atoms with Gasteiger partial charge >= 0.3 is 5.97 Å². The first-order chi connectivity index (χ1) is 12.1. The molecule has 3 aromatic rings. The molecule has 5 heteroatoms. The number of phenols is 1. The summed E-state index contributed by atoms with van der Waals surface area (Å²) in [5.41, 5.74) is 0.189. The average molecular weight is 463 g/mol. The van der Waals surface area contributed by atoms with Crippen LogP contribution in [0.5, 0.6) is 5.75 Å². The van der Waals surface area contributed by atoms with Crippen molar-refractivity contribution in [2.24, 2.45) is 0 Å². The van der Waals surface area contributed by atoms with Gasteiger partial charge in [0, 0.05) is 12.1 Å². The van der Waals surface area contributed by atoms with Gasteiger partial charge in [-0.15, -0.1) is 0 Å². The Morgan fingerprint density at radius 1 is 0.920 bits per heavy atom. The summed E-state index contributed by atoms with van der Waals surface area (Å²) in [6.07, 6.45) is 0. The molecule has 3 nitrogen and oxygen atoms in total. The van der Waals surface area contributed by atoms with Crippen LogP contribution >= 0.6 is 22.6 Å². The molecule has 3 aromatic carbocycles. The van der Waals surface area contributed by atoms with Gasteiger partial charge in [0.15, 0.2) is 14.7 Å². The van der Waals surface area contributed by atoms with Crippen molar-refractivity contribution in [1.82, 2.24) is 0 Å². The van der Waals surface area contributed by atoms with Crippen LogP contribution in [-0.2, 0) is 15.6 Å². The van der Waals surface area contributed by atoms with Crippen molar-refractivity contribution in [1.29, 1.82) is 0 Å². The maximum Gasteiger partial charge on any atom is 0.341 e.